The molecule has 0 spiro atoms. The molecule has 0 N–H and O–H groups in total. The average Bonchev–Trinajstić information content (AvgIpc) is 2.69. The van der Waals surface area contributed by atoms with Crippen LogP contribution in [0.2, 0.25) is 0 Å². The Morgan fingerprint density at radius 2 is 2.33 bits per heavy atom. The molecule has 2 nitrogen and oxygen atoms in total. The second-order valence-corrected chi connectivity index (χ2v) is 5.40. The Kier molecular flexibility index (Phi) is 2.07. The van der Waals surface area contributed by atoms with Gasteiger partial charge in [-0.2, -0.15) is 0 Å². The summed E-state index contributed by atoms with van der Waals surface area (Å²) in [6.45, 7) is 3.91. The van der Waals surface area contributed by atoms with Crippen molar-refractivity contribution in [2.75, 3.05) is 13.1 Å². The van der Waals surface area contributed by atoms with Crippen LogP contribution in [0.1, 0.15) is 11.1 Å². The van der Waals surface area contributed by atoms with Gasteiger partial charge in [-0.3, -0.25) is 4.99 Å². The molecule has 0 fully saturated rings. The molecule has 3 rings (SSSR count). The van der Waals surface area contributed by atoms with Gasteiger partial charge in [-0.15, -0.1) is 0 Å². The first-order valence-corrected chi connectivity index (χ1v) is 6.13. The van der Waals surface area contributed by atoms with Crippen LogP contribution in [0.15, 0.2) is 28.1 Å². The number of hydrogen-bond donors (Lipinski definition) is 0. The molecule has 4 heteroatoms. The minimum atomic E-state index is 0.864. The van der Waals surface area contributed by atoms with E-state index < -0.39 is 0 Å². The lowest BCUT2D eigenvalue weighted by Gasteiger charge is -2.27. The maximum atomic E-state index is 5.36. The number of thioether (sulfide) groups is 1. The van der Waals surface area contributed by atoms with Crippen LogP contribution in [-0.4, -0.2) is 28.1 Å². The van der Waals surface area contributed by atoms with E-state index in [1.165, 1.54) is 16.0 Å². The van der Waals surface area contributed by atoms with E-state index in [4.69, 9.17) is 12.2 Å². The molecule has 0 radical (unpaired) electrons. The second kappa shape index (κ2) is 3.32. The van der Waals surface area contributed by atoms with E-state index in [1.54, 1.807) is 11.8 Å². The van der Waals surface area contributed by atoms with E-state index in [0.29, 0.717) is 0 Å². The molecule has 1 aromatic rings. The summed E-state index contributed by atoms with van der Waals surface area (Å²) in [6.07, 6.45) is 0. The molecule has 0 aromatic heterocycles. The smallest absolute Gasteiger partial charge is 0.146 e. The molecule has 0 unspecified atom stereocenters. The van der Waals surface area contributed by atoms with Crippen LogP contribution in [0.4, 0.5) is 0 Å². The summed E-state index contributed by atoms with van der Waals surface area (Å²) in [6, 6.07) is 6.46. The number of aliphatic imine (C=N–C) groups is 1. The Balaban J connectivity index is 2.20. The molecule has 2 aliphatic heterocycles. The van der Waals surface area contributed by atoms with Crippen molar-refractivity contribution in [2.45, 2.75) is 11.8 Å². The van der Waals surface area contributed by atoms with E-state index in [9.17, 15) is 0 Å². The van der Waals surface area contributed by atoms with Gasteiger partial charge in [0.25, 0.3) is 0 Å². The Labute approximate surface area is 98.4 Å². The molecular formula is C11H10N2S2. The van der Waals surface area contributed by atoms with Gasteiger partial charge in [0.15, 0.2) is 0 Å². The lowest BCUT2D eigenvalue weighted by Crippen LogP contribution is -2.35. The minimum Gasteiger partial charge on any atom is -0.310 e. The Morgan fingerprint density at radius 3 is 3.20 bits per heavy atom. The Hall–Kier alpha value is -0.870. The van der Waals surface area contributed by atoms with Crippen LogP contribution >= 0.6 is 24.0 Å². The molecule has 0 amide bonds. The fraction of sp³-hybridized carbons (Fsp3) is 0.273. The van der Waals surface area contributed by atoms with Gasteiger partial charge in [-0.1, -0.05) is 35.6 Å². The highest BCUT2D eigenvalue weighted by Crippen LogP contribution is 2.34. The third-order valence-electron chi connectivity index (χ3n) is 2.63. The van der Waals surface area contributed by atoms with Gasteiger partial charge in [0, 0.05) is 17.0 Å². The lowest BCUT2D eigenvalue weighted by molar-refractivity contribution is 0.685. The molecule has 2 heterocycles. The molecule has 0 bridgehead atoms. The average molecular weight is 234 g/mol. The Morgan fingerprint density at radius 1 is 1.47 bits per heavy atom. The monoisotopic (exact) mass is 234 g/mol. The summed E-state index contributed by atoms with van der Waals surface area (Å²) in [4.78, 5) is 7.91. The predicted molar refractivity (Wildman–Crippen MR) is 67.7 cm³/mol. The van der Waals surface area contributed by atoms with E-state index in [-0.39, 0.29) is 0 Å². The number of rotatable bonds is 0. The van der Waals surface area contributed by atoms with E-state index in [0.717, 1.165) is 23.2 Å². The topological polar surface area (TPSA) is 15.6 Å². The first kappa shape index (κ1) is 9.36. The third kappa shape index (κ3) is 1.40. The highest BCUT2D eigenvalue weighted by atomic mass is 32.2. The predicted octanol–water partition coefficient (Wildman–Crippen LogP) is 2.45. The van der Waals surface area contributed by atoms with Crippen molar-refractivity contribution in [1.29, 1.82) is 0 Å². The maximum absolute atomic E-state index is 5.36. The molecule has 0 saturated carbocycles. The highest BCUT2D eigenvalue weighted by Gasteiger charge is 2.29. The van der Waals surface area contributed by atoms with Gasteiger partial charge >= 0.3 is 0 Å². The first-order chi connectivity index (χ1) is 7.25. The summed E-state index contributed by atoms with van der Waals surface area (Å²) in [5, 5.41) is 0. The quantitative estimate of drug-likeness (QED) is 0.641. The fourth-order valence-corrected chi connectivity index (χ4v) is 3.23. The number of amidine groups is 1. The Bertz CT molecular complexity index is 479. The summed E-state index contributed by atoms with van der Waals surface area (Å²) in [5.74, 6) is 1.07. The van der Waals surface area contributed by atoms with Gasteiger partial charge in [-0.05, 0) is 19.1 Å². The van der Waals surface area contributed by atoms with Gasteiger partial charge in [0.1, 0.15) is 10.2 Å². The summed E-state index contributed by atoms with van der Waals surface area (Å²) < 4.78 is 0.933. The van der Waals surface area contributed by atoms with Crippen molar-refractivity contribution >= 4 is 34.1 Å². The molecule has 0 aliphatic carbocycles. The third-order valence-corrected chi connectivity index (χ3v) is 4.08. The molecule has 0 saturated heterocycles. The second-order valence-electron chi connectivity index (χ2n) is 3.72. The van der Waals surface area contributed by atoms with Crippen molar-refractivity contribution in [2.24, 2.45) is 4.99 Å². The lowest BCUT2D eigenvalue weighted by atomic mass is 10.1. The number of thiocarbonyl (C=S) groups is 1. The molecule has 15 heavy (non-hydrogen) atoms. The molecule has 0 atom stereocenters. The standard InChI is InChI=1S/C11H10N2S2/c1-7-2-3-9-8(6-7)10-12-4-5-13(10)11(14)15-9/h2-3,6H,4-5H2,1H3. The maximum Gasteiger partial charge on any atom is 0.146 e. The van der Waals surface area contributed by atoms with Gasteiger partial charge in [0.05, 0.1) is 6.54 Å². The first-order valence-electron chi connectivity index (χ1n) is 4.90. The van der Waals surface area contributed by atoms with Crippen LogP contribution in [0.25, 0.3) is 0 Å². The van der Waals surface area contributed by atoms with Crippen molar-refractivity contribution in [3.63, 3.8) is 0 Å². The van der Waals surface area contributed by atoms with E-state index in [1.807, 2.05) is 0 Å². The van der Waals surface area contributed by atoms with Gasteiger partial charge in [0.2, 0.25) is 0 Å². The summed E-state index contributed by atoms with van der Waals surface area (Å²) >= 11 is 7.03. The van der Waals surface area contributed by atoms with Crippen LogP contribution in [0.3, 0.4) is 0 Å². The van der Waals surface area contributed by atoms with Crippen LogP contribution in [0, 0.1) is 6.92 Å². The molecule has 2 aliphatic rings. The summed E-state index contributed by atoms with van der Waals surface area (Å²) in [7, 11) is 0. The zero-order valence-corrected chi connectivity index (χ0v) is 9.99. The van der Waals surface area contributed by atoms with E-state index >= 15 is 0 Å². The zero-order valence-electron chi connectivity index (χ0n) is 8.36. The van der Waals surface area contributed by atoms with Crippen molar-refractivity contribution in [1.82, 2.24) is 4.90 Å². The van der Waals surface area contributed by atoms with Crippen molar-refractivity contribution < 1.29 is 0 Å². The normalized spacial score (nSPS) is 18.6. The van der Waals surface area contributed by atoms with Crippen LogP contribution in [-0.2, 0) is 0 Å². The van der Waals surface area contributed by atoms with Crippen molar-refractivity contribution in [3.8, 4) is 0 Å². The largest absolute Gasteiger partial charge is 0.310 e. The van der Waals surface area contributed by atoms with E-state index in [2.05, 4.69) is 35.0 Å². The molecule has 1 aromatic carbocycles. The van der Waals surface area contributed by atoms with Crippen LogP contribution < -0.4 is 0 Å². The number of aryl methyl sites for hydroxylation is 1. The fourth-order valence-electron chi connectivity index (χ4n) is 1.91. The van der Waals surface area contributed by atoms with Gasteiger partial charge < -0.3 is 4.90 Å². The highest BCUT2D eigenvalue weighted by molar-refractivity contribution is 8.23. The number of nitrogens with zero attached hydrogens (tertiary/aromatic N) is 2. The van der Waals surface area contributed by atoms with Crippen LogP contribution in [0.5, 0.6) is 0 Å². The number of fused-ring (bicyclic) bond motifs is 3. The SMILES string of the molecule is Cc1ccc2c(c1)C1=NCCN1C(=S)S2. The molecular weight excluding hydrogens is 224 g/mol. The summed E-state index contributed by atoms with van der Waals surface area (Å²) in [5.41, 5.74) is 2.52. The van der Waals surface area contributed by atoms with Gasteiger partial charge in [-0.25, -0.2) is 0 Å². The molecule has 76 valence electrons. The minimum absolute atomic E-state index is 0.864. The number of hydrogen-bond acceptors (Lipinski definition) is 3. The van der Waals surface area contributed by atoms with Crippen molar-refractivity contribution in [3.05, 3.63) is 29.3 Å². The zero-order chi connectivity index (χ0) is 10.4. The number of benzene rings is 1.